The van der Waals surface area contributed by atoms with Crippen LogP contribution < -0.4 is 10.6 Å². The van der Waals surface area contributed by atoms with Crippen LogP contribution in [-0.2, 0) is 4.79 Å². The van der Waals surface area contributed by atoms with Crippen molar-refractivity contribution in [1.82, 2.24) is 5.32 Å². The standard InChI is InChI=1S/C26H29FN2O2S/c1-16-6-7-20(27)11-22(16)28-25(31)21-4-2-3-5-23(21)32-15-24(30)29-26-12-17-8-18(13-26)10-19(9-17)14-26/h2-7,11,17-19H,8-10,12-15H2,1H3,(H,28,31)(H,29,30). The zero-order chi connectivity index (χ0) is 22.3. The Balaban J connectivity index is 1.23. The Hall–Kier alpha value is -2.34. The molecule has 0 heterocycles. The fourth-order valence-corrected chi connectivity index (χ4v) is 7.29. The molecule has 0 aromatic heterocycles. The molecule has 0 saturated heterocycles. The highest BCUT2D eigenvalue weighted by Crippen LogP contribution is 2.55. The van der Waals surface area contributed by atoms with Gasteiger partial charge in [0, 0.05) is 16.1 Å². The van der Waals surface area contributed by atoms with E-state index in [2.05, 4.69) is 10.6 Å². The van der Waals surface area contributed by atoms with Gasteiger partial charge >= 0.3 is 0 Å². The maximum atomic E-state index is 13.6. The molecule has 6 heteroatoms. The summed E-state index contributed by atoms with van der Waals surface area (Å²) in [4.78, 5) is 26.5. The summed E-state index contributed by atoms with van der Waals surface area (Å²) in [5, 5.41) is 6.20. The molecule has 4 bridgehead atoms. The third-order valence-corrected chi connectivity index (χ3v) is 8.45. The van der Waals surface area contributed by atoms with Crippen molar-refractivity contribution < 1.29 is 14.0 Å². The number of hydrogen-bond acceptors (Lipinski definition) is 3. The molecule has 0 radical (unpaired) electrons. The topological polar surface area (TPSA) is 58.2 Å². The largest absolute Gasteiger partial charge is 0.350 e. The third-order valence-electron chi connectivity index (χ3n) is 7.38. The monoisotopic (exact) mass is 452 g/mol. The van der Waals surface area contributed by atoms with Gasteiger partial charge in [-0.15, -0.1) is 11.8 Å². The Morgan fingerprint density at radius 2 is 1.69 bits per heavy atom. The van der Waals surface area contributed by atoms with Gasteiger partial charge in [-0.3, -0.25) is 9.59 Å². The molecule has 2 amide bonds. The molecular formula is C26H29FN2O2S. The molecule has 0 unspecified atom stereocenters. The van der Waals surface area contributed by atoms with E-state index in [-0.39, 0.29) is 23.1 Å². The Kier molecular flexibility index (Phi) is 5.74. The Labute approximate surface area is 192 Å². The summed E-state index contributed by atoms with van der Waals surface area (Å²) in [6.07, 6.45) is 7.41. The lowest BCUT2D eigenvalue weighted by atomic mass is 9.53. The van der Waals surface area contributed by atoms with Crippen molar-refractivity contribution in [3.8, 4) is 0 Å². The summed E-state index contributed by atoms with van der Waals surface area (Å²) in [7, 11) is 0. The fourth-order valence-electron chi connectivity index (χ4n) is 6.44. The highest BCUT2D eigenvalue weighted by Gasteiger charge is 2.51. The van der Waals surface area contributed by atoms with Gasteiger partial charge in [0.1, 0.15) is 5.82 Å². The molecule has 0 aliphatic heterocycles. The van der Waals surface area contributed by atoms with Gasteiger partial charge < -0.3 is 10.6 Å². The Morgan fingerprint density at radius 1 is 1.03 bits per heavy atom. The lowest BCUT2D eigenvalue weighted by molar-refractivity contribution is -0.124. The molecule has 2 N–H and O–H groups in total. The predicted octanol–water partition coefficient (Wildman–Crippen LogP) is 5.56. The summed E-state index contributed by atoms with van der Waals surface area (Å²) in [6, 6.07) is 11.6. The van der Waals surface area contributed by atoms with E-state index in [0.29, 0.717) is 11.3 Å². The summed E-state index contributed by atoms with van der Waals surface area (Å²) in [5.74, 6) is 1.98. The number of rotatable bonds is 6. The van der Waals surface area contributed by atoms with Crippen LogP contribution in [0.1, 0.15) is 54.4 Å². The second kappa shape index (κ2) is 8.54. The number of thioether (sulfide) groups is 1. The van der Waals surface area contributed by atoms with Gasteiger partial charge in [-0.25, -0.2) is 4.39 Å². The normalized spacial score (nSPS) is 27.9. The molecule has 168 valence electrons. The number of benzene rings is 2. The molecule has 4 nitrogen and oxygen atoms in total. The number of anilines is 1. The van der Waals surface area contributed by atoms with Gasteiger partial charge in [0.15, 0.2) is 0 Å². The average Bonchev–Trinajstić information content (AvgIpc) is 2.74. The van der Waals surface area contributed by atoms with Crippen molar-refractivity contribution in [2.45, 2.75) is 55.9 Å². The van der Waals surface area contributed by atoms with Crippen LogP contribution in [0.2, 0.25) is 0 Å². The highest BCUT2D eigenvalue weighted by molar-refractivity contribution is 8.00. The first-order valence-corrected chi connectivity index (χ1v) is 12.5. The minimum Gasteiger partial charge on any atom is -0.350 e. The van der Waals surface area contributed by atoms with E-state index in [0.717, 1.165) is 47.5 Å². The number of hydrogen-bond donors (Lipinski definition) is 2. The van der Waals surface area contributed by atoms with Crippen LogP contribution in [0, 0.1) is 30.5 Å². The zero-order valence-electron chi connectivity index (χ0n) is 18.3. The van der Waals surface area contributed by atoms with Gasteiger partial charge in [0.25, 0.3) is 5.91 Å². The van der Waals surface area contributed by atoms with Crippen LogP contribution >= 0.6 is 11.8 Å². The van der Waals surface area contributed by atoms with Gasteiger partial charge in [-0.05, 0) is 93.0 Å². The highest BCUT2D eigenvalue weighted by atomic mass is 32.2. The molecule has 0 atom stereocenters. The lowest BCUT2D eigenvalue weighted by Gasteiger charge is -2.56. The van der Waals surface area contributed by atoms with E-state index in [1.165, 1.54) is 43.2 Å². The molecule has 4 fully saturated rings. The van der Waals surface area contributed by atoms with E-state index in [1.54, 1.807) is 18.2 Å². The maximum absolute atomic E-state index is 13.6. The summed E-state index contributed by atoms with van der Waals surface area (Å²) in [5.41, 5.74) is 1.73. The molecule has 4 aliphatic carbocycles. The van der Waals surface area contributed by atoms with Gasteiger partial charge in [-0.1, -0.05) is 18.2 Å². The average molecular weight is 453 g/mol. The van der Waals surface area contributed by atoms with Gasteiger partial charge in [0.2, 0.25) is 5.91 Å². The number of carbonyl (C=O) groups is 2. The van der Waals surface area contributed by atoms with E-state index in [9.17, 15) is 14.0 Å². The molecule has 4 aliphatic rings. The first-order chi connectivity index (χ1) is 15.4. The quantitative estimate of drug-likeness (QED) is 0.564. The molecule has 6 rings (SSSR count). The molecule has 4 saturated carbocycles. The maximum Gasteiger partial charge on any atom is 0.256 e. The first-order valence-electron chi connectivity index (χ1n) is 11.5. The van der Waals surface area contributed by atoms with E-state index >= 15 is 0 Å². The molecule has 2 aromatic carbocycles. The van der Waals surface area contributed by atoms with Crippen molar-refractivity contribution in [1.29, 1.82) is 0 Å². The summed E-state index contributed by atoms with van der Waals surface area (Å²) >= 11 is 1.38. The van der Waals surface area contributed by atoms with Crippen LogP contribution in [0.15, 0.2) is 47.4 Å². The van der Waals surface area contributed by atoms with Crippen LogP contribution in [0.25, 0.3) is 0 Å². The van der Waals surface area contributed by atoms with Gasteiger partial charge in [-0.2, -0.15) is 0 Å². The van der Waals surface area contributed by atoms with Crippen LogP contribution in [0.4, 0.5) is 10.1 Å². The lowest BCUT2D eigenvalue weighted by Crippen LogP contribution is -2.60. The number of aryl methyl sites for hydroxylation is 1. The fraction of sp³-hybridized carbons (Fsp3) is 0.462. The smallest absolute Gasteiger partial charge is 0.256 e. The van der Waals surface area contributed by atoms with Crippen molar-refractivity contribution in [2.75, 3.05) is 11.1 Å². The van der Waals surface area contributed by atoms with Crippen LogP contribution in [0.5, 0.6) is 0 Å². The van der Waals surface area contributed by atoms with E-state index in [1.807, 2.05) is 19.1 Å². The minimum atomic E-state index is -0.394. The molecule has 2 aromatic rings. The first kappa shape index (κ1) is 21.5. The zero-order valence-corrected chi connectivity index (χ0v) is 19.1. The molecule has 0 spiro atoms. The van der Waals surface area contributed by atoms with Crippen molar-refractivity contribution >= 4 is 29.3 Å². The van der Waals surface area contributed by atoms with E-state index < -0.39 is 5.82 Å². The second-order valence-corrected chi connectivity index (χ2v) is 11.0. The second-order valence-electron chi connectivity index (χ2n) is 9.94. The van der Waals surface area contributed by atoms with Crippen molar-refractivity contribution in [2.24, 2.45) is 17.8 Å². The third kappa shape index (κ3) is 4.42. The van der Waals surface area contributed by atoms with Gasteiger partial charge in [0.05, 0.1) is 11.3 Å². The molecular weight excluding hydrogens is 423 g/mol. The Morgan fingerprint density at radius 3 is 2.38 bits per heavy atom. The number of amides is 2. The summed E-state index contributed by atoms with van der Waals surface area (Å²) < 4.78 is 13.6. The number of halogens is 1. The number of nitrogens with one attached hydrogen (secondary N) is 2. The molecule has 32 heavy (non-hydrogen) atoms. The van der Waals surface area contributed by atoms with E-state index in [4.69, 9.17) is 0 Å². The van der Waals surface area contributed by atoms with Crippen molar-refractivity contribution in [3.05, 3.63) is 59.4 Å². The predicted molar refractivity (Wildman–Crippen MR) is 125 cm³/mol. The SMILES string of the molecule is Cc1ccc(F)cc1NC(=O)c1ccccc1SCC(=O)NC12CC3CC(CC(C3)C1)C2. The minimum absolute atomic E-state index is 0.00179. The van der Waals surface area contributed by atoms with Crippen LogP contribution in [-0.4, -0.2) is 23.1 Å². The Bertz CT molecular complexity index is 1020. The van der Waals surface area contributed by atoms with Crippen LogP contribution in [0.3, 0.4) is 0 Å². The van der Waals surface area contributed by atoms with Crippen molar-refractivity contribution in [3.63, 3.8) is 0 Å². The number of carbonyl (C=O) groups excluding carboxylic acids is 2. The summed E-state index contributed by atoms with van der Waals surface area (Å²) in [6.45, 7) is 1.82.